The van der Waals surface area contributed by atoms with E-state index in [2.05, 4.69) is 0 Å². The normalized spacial score (nSPS) is 12.1. The van der Waals surface area contributed by atoms with E-state index in [4.69, 9.17) is 22.4 Å². The number of ketones is 1. The zero-order valence-corrected chi connectivity index (χ0v) is 11.2. The molecule has 0 heterocycles. The second kappa shape index (κ2) is 7.41. The Hall–Kier alpha value is -1.04. The number of hydrogen-bond donors (Lipinski definition) is 2. The van der Waals surface area contributed by atoms with Crippen LogP contribution >= 0.6 is 23.4 Å². The third-order valence-corrected chi connectivity index (χ3v) is 3.65. The third kappa shape index (κ3) is 5.08. The molecule has 1 aromatic rings. The number of carboxylic acid groups (broad SMARTS) is 1. The quantitative estimate of drug-likeness (QED) is 0.801. The van der Waals surface area contributed by atoms with Crippen molar-refractivity contribution in [2.75, 3.05) is 5.75 Å². The summed E-state index contributed by atoms with van der Waals surface area (Å²) in [5, 5.41) is 9.24. The van der Waals surface area contributed by atoms with E-state index in [1.165, 1.54) is 11.8 Å². The zero-order chi connectivity index (χ0) is 13.5. The Morgan fingerprint density at radius 3 is 2.67 bits per heavy atom. The van der Waals surface area contributed by atoms with Crippen molar-refractivity contribution in [1.82, 2.24) is 0 Å². The van der Waals surface area contributed by atoms with Crippen LogP contribution in [0.4, 0.5) is 0 Å². The van der Waals surface area contributed by atoms with Crippen LogP contribution in [0.3, 0.4) is 0 Å². The summed E-state index contributed by atoms with van der Waals surface area (Å²) >= 11 is 7.37. The van der Waals surface area contributed by atoms with Gasteiger partial charge in [-0.3, -0.25) is 9.59 Å². The molecule has 1 atom stereocenters. The fraction of sp³-hybridized carbons (Fsp3) is 0.333. The van der Waals surface area contributed by atoms with Gasteiger partial charge in [0.1, 0.15) is 11.8 Å². The van der Waals surface area contributed by atoms with E-state index >= 15 is 0 Å². The number of halogens is 1. The van der Waals surface area contributed by atoms with Gasteiger partial charge in [-0.05, 0) is 11.6 Å². The minimum Gasteiger partial charge on any atom is -0.480 e. The van der Waals surface area contributed by atoms with Crippen LogP contribution in [0.2, 0.25) is 5.02 Å². The highest BCUT2D eigenvalue weighted by Crippen LogP contribution is 2.20. The van der Waals surface area contributed by atoms with E-state index < -0.39 is 12.0 Å². The molecule has 0 bridgehead atoms. The van der Waals surface area contributed by atoms with Crippen LogP contribution in [0.1, 0.15) is 12.0 Å². The molecule has 4 nitrogen and oxygen atoms in total. The zero-order valence-electron chi connectivity index (χ0n) is 9.64. The monoisotopic (exact) mass is 287 g/mol. The molecule has 0 aliphatic heterocycles. The molecule has 1 aromatic carbocycles. The minimum atomic E-state index is -1.15. The van der Waals surface area contributed by atoms with Gasteiger partial charge in [0.05, 0.1) is 5.75 Å². The first-order valence-electron chi connectivity index (χ1n) is 5.32. The van der Waals surface area contributed by atoms with Crippen LogP contribution in [-0.2, 0) is 15.3 Å². The van der Waals surface area contributed by atoms with Gasteiger partial charge in [-0.15, -0.1) is 11.8 Å². The van der Waals surface area contributed by atoms with Crippen molar-refractivity contribution in [3.8, 4) is 0 Å². The maximum absolute atomic E-state index is 11.4. The number of carbonyl (C=O) groups excluding carboxylic acids is 1. The van der Waals surface area contributed by atoms with Gasteiger partial charge < -0.3 is 10.8 Å². The lowest BCUT2D eigenvalue weighted by atomic mass is 10.2. The smallest absolute Gasteiger partial charge is 0.320 e. The van der Waals surface area contributed by atoms with Crippen molar-refractivity contribution in [3.05, 3.63) is 34.9 Å². The fourth-order valence-corrected chi connectivity index (χ4v) is 2.48. The Kier molecular flexibility index (Phi) is 6.18. The summed E-state index contributed by atoms with van der Waals surface area (Å²) in [6, 6.07) is 6.29. The summed E-state index contributed by atoms with van der Waals surface area (Å²) in [5.74, 6) is -0.457. The summed E-state index contributed by atoms with van der Waals surface area (Å²) in [6.45, 7) is 0. The van der Waals surface area contributed by atoms with E-state index in [0.29, 0.717) is 10.8 Å². The number of carbonyl (C=O) groups is 2. The first-order valence-corrected chi connectivity index (χ1v) is 6.85. The predicted molar refractivity (Wildman–Crippen MR) is 72.8 cm³/mol. The third-order valence-electron chi connectivity index (χ3n) is 2.24. The second-order valence-electron chi connectivity index (χ2n) is 3.77. The maximum atomic E-state index is 11.4. The molecule has 0 saturated carbocycles. The van der Waals surface area contributed by atoms with Gasteiger partial charge in [-0.1, -0.05) is 29.8 Å². The molecule has 0 aliphatic carbocycles. The Bertz CT molecular complexity index is 439. The molecule has 0 saturated heterocycles. The summed E-state index contributed by atoms with van der Waals surface area (Å²) in [5.41, 5.74) is 6.23. The molecule has 3 N–H and O–H groups in total. The van der Waals surface area contributed by atoms with Gasteiger partial charge in [0.15, 0.2) is 0 Å². The minimum absolute atomic E-state index is 0.134. The van der Waals surface area contributed by atoms with Crippen molar-refractivity contribution in [2.45, 2.75) is 18.2 Å². The summed E-state index contributed by atoms with van der Waals surface area (Å²) in [7, 11) is 0. The molecule has 98 valence electrons. The number of Topliss-reactive ketones (excluding diaryl/α,β-unsaturated/α-hetero) is 1. The fourth-order valence-electron chi connectivity index (χ4n) is 1.28. The lowest BCUT2D eigenvalue weighted by Crippen LogP contribution is -2.33. The number of benzene rings is 1. The average Bonchev–Trinajstić information content (AvgIpc) is 2.31. The second-order valence-corrected chi connectivity index (χ2v) is 5.16. The van der Waals surface area contributed by atoms with E-state index in [0.717, 1.165) is 5.56 Å². The SMILES string of the molecule is NC(CC(=O)CSCc1ccccc1Cl)C(=O)O. The number of carboxylic acids is 1. The molecule has 0 spiro atoms. The maximum Gasteiger partial charge on any atom is 0.320 e. The Morgan fingerprint density at radius 2 is 2.06 bits per heavy atom. The van der Waals surface area contributed by atoms with Gasteiger partial charge in [0.2, 0.25) is 0 Å². The first-order chi connectivity index (χ1) is 8.50. The number of hydrogen-bond acceptors (Lipinski definition) is 4. The Balaban J connectivity index is 2.32. The standard InChI is InChI=1S/C12H14ClNO3S/c13-10-4-2-1-3-8(10)6-18-7-9(15)5-11(14)12(16)17/h1-4,11H,5-7,14H2,(H,16,17). The van der Waals surface area contributed by atoms with E-state index in [-0.39, 0.29) is 18.0 Å². The molecule has 0 radical (unpaired) electrons. The van der Waals surface area contributed by atoms with Crippen molar-refractivity contribution < 1.29 is 14.7 Å². The summed E-state index contributed by atoms with van der Waals surface area (Å²) in [6.07, 6.45) is -0.134. The number of rotatable bonds is 7. The topological polar surface area (TPSA) is 80.4 Å². The van der Waals surface area contributed by atoms with Crippen LogP contribution in [0.15, 0.2) is 24.3 Å². The molecule has 0 amide bonds. The summed E-state index contributed by atoms with van der Waals surface area (Å²) in [4.78, 5) is 21.9. The highest BCUT2D eigenvalue weighted by Gasteiger charge is 2.16. The molecule has 1 unspecified atom stereocenters. The lowest BCUT2D eigenvalue weighted by molar-refractivity contribution is -0.140. The molecule has 1 rings (SSSR count). The average molecular weight is 288 g/mol. The predicted octanol–water partition coefficient (Wildman–Crippen LogP) is 1.94. The Morgan fingerprint density at radius 1 is 1.39 bits per heavy atom. The van der Waals surface area contributed by atoms with Gasteiger partial charge in [-0.2, -0.15) is 0 Å². The van der Waals surface area contributed by atoms with Crippen LogP contribution in [0, 0.1) is 0 Å². The number of aliphatic carboxylic acids is 1. The molecule has 0 aromatic heterocycles. The van der Waals surface area contributed by atoms with Gasteiger partial charge in [-0.25, -0.2) is 0 Å². The summed E-state index contributed by atoms with van der Waals surface area (Å²) < 4.78 is 0. The van der Waals surface area contributed by atoms with E-state index in [1.807, 2.05) is 18.2 Å². The van der Waals surface area contributed by atoms with Gasteiger partial charge >= 0.3 is 5.97 Å². The highest BCUT2D eigenvalue weighted by molar-refractivity contribution is 7.99. The van der Waals surface area contributed by atoms with Crippen molar-refractivity contribution in [1.29, 1.82) is 0 Å². The van der Waals surface area contributed by atoms with Crippen molar-refractivity contribution in [3.63, 3.8) is 0 Å². The molecule has 0 aliphatic rings. The van der Waals surface area contributed by atoms with Crippen LogP contribution in [0.5, 0.6) is 0 Å². The van der Waals surface area contributed by atoms with Gasteiger partial charge in [0.25, 0.3) is 0 Å². The Labute approximate surface area is 115 Å². The van der Waals surface area contributed by atoms with Crippen LogP contribution < -0.4 is 5.73 Å². The first kappa shape index (κ1) is 15.0. The van der Waals surface area contributed by atoms with Crippen LogP contribution in [0.25, 0.3) is 0 Å². The van der Waals surface area contributed by atoms with E-state index in [9.17, 15) is 9.59 Å². The highest BCUT2D eigenvalue weighted by atomic mass is 35.5. The lowest BCUT2D eigenvalue weighted by Gasteiger charge is -2.06. The molecule has 0 fully saturated rings. The van der Waals surface area contributed by atoms with Crippen LogP contribution in [-0.4, -0.2) is 28.7 Å². The number of thioether (sulfide) groups is 1. The van der Waals surface area contributed by atoms with Crippen molar-refractivity contribution in [2.24, 2.45) is 5.73 Å². The van der Waals surface area contributed by atoms with Crippen molar-refractivity contribution >= 4 is 35.1 Å². The largest absolute Gasteiger partial charge is 0.480 e. The molecular formula is C12H14ClNO3S. The van der Waals surface area contributed by atoms with Gasteiger partial charge in [0, 0.05) is 17.2 Å². The molecular weight excluding hydrogens is 274 g/mol. The van der Waals surface area contributed by atoms with E-state index in [1.54, 1.807) is 6.07 Å². The molecule has 6 heteroatoms. The molecule has 18 heavy (non-hydrogen) atoms. The number of nitrogens with two attached hydrogens (primary N) is 1.